The van der Waals surface area contributed by atoms with Crippen molar-refractivity contribution in [1.82, 2.24) is 9.47 Å². The van der Waals surface area contributed by atoms with E-state index in [0.29, 0.717) is 28.9 Å². The molecule has 1 fully saturated rings. The highest BCUT2D eigenvalue weighted by molar-refractivity contribution is 9.10. The summed E-state index contributed by atoms with van der Waals surface area (Å²) in [5.41, 5.74) is 2.85. The van der Waals surface area contributed by atoms with Gasteiger partial charge in [-0.2, -0.15) is 0 Å². The fourth-order valence-corrected chi connectivity index (χ4v) is 5.71. The van der Waals surface area contributed by atoms with E-state index in [2.05, 4.69) is 15.9 Å². The summed E-state index contributed by atoms with van der Waals surface area (Å²) in [7, 11) is 1.62. The molecule has 5 nitrogen and oxygen atoms in total. The molecule has 2 heterocycles. The highest BCUT2D eigenvalue weighted by Gasteiger charge is 2.32. The number of thiocarbonyl (C=S) groups is 1. The molecule has 0 unspecified atom stereocenters. The second-order valence-corrected chi connectivity index (χ2v) is 10.9. The monoisotopic (exact) mass is 596 g/mol. The van der Waals surface area contributed by atoms with E-state index >= 15 is 0 Å². The van der Waals surface area contributed by atoms with Gasteiger partial charge < -0.3 is 14.0 Å². The van der Waals surface area contributed by atoms with Gasteiger partial charge in [0.25, 0.3) is 5.91 Å². The number of hydrogen-bond donors (Lipinski definition) is 0. The van der Waals surface area contributed by atoms with Gasteiger partial charge in [-0.3, -0.25) is 9.69 Å². The average Bonchev–Trinajstić information content (AvgIpc) is 3.36. The molecule has 9 heteroatoms. The van der Waals surface area contributed by atoms with Gasteiger partial charge in [-0.1, -0.05) is 64.2 Å². The Morgan fingerprint density at radius 1 is 1.11 bits per heavy atom. The van der Waals surface area contributed by atoms with Gasteiger partial charge in [-0.25, -0.2) is 4.39 Å². The van der Waals surface area contributed by atoms with Crippen LogP contribution >= 0.6 is 39.9 Å². The van der Waals surface area contributed by atoms with Crippen molar-refractivity contribution in [2.75, 3.05) is 13.7 Å². The zero-order valence-corrected chi connectivity index (χ0v) is 23.0. The summed E-state index contributed by atoms with van der Waals surface area (Å²) < 4.78 is 28.3. The number of amides is 1. The third-order valence-corrected chi connectivity index (χ3v) is 7.83. The molecule has 0 radical (unpaired) electrons. The van der Waals surface area contributed by atoms with Crippen LogP contribution < -0.4 is 9.47 Å². The maximum Gasteiger partial charge on any atom is 0.266 e. The summed E-state index contributed by atoms with van der Waals surface area (Å²) in [5.74, 6) is 0.476. The topological polar surface area (TPSA) is 43.7 Å². The van der Waals surface area contributed by atoms with E-state index in [-0.39, 0.29) is 17.5 Å². The SMILES string of the molecule is COc1ccc(CN2C(=O)/C(=C/c3cn(CCOc4ccccc4F)c4ccc(Br)cc34)SC2=S)cc1. The summed E-state index contributed by atoms with van der Waals surface area (Å²) >= 11 is 10.4. The van der Waals surface area contributed by atoms with Crippen LogP contribution in [0.15, 0.2) is 82.3 Å². The van der Waals surface area contributed by atoms with Crippen molar-refractivity contribution in [1.29, 1.82) is 0 Å². The third-order valence-electron chi connectivity index (χ3n) is 5.96. The van der Waals surface area contributed by atoms with E-state index in [1.165, 1.54) is 17.8 Å². The van der Waals surface area contributed by atoms with Crippen LogP contribution in [0.25, 0.3) is 17.0 Å². The largest absolute Gasteiger partial charge is 0.497 e. The minimum absolute atomic E-state index is 0.121. The van der Waals surface area contributed by atoms with Gasteiger partial charge >= 0.3 is 0 Å². The van der Waals surface area contributed by atoms with Gasteiger partial charge in [-0.15, -0.1) is 0 Å². The summed E-state index contributed by atoms with van der Waals surface area (Å²) in [6.07, 6.45) is 3.87. The Hall–Kier alpha value is -3.14. The Balaban J connectivity index is 1.38. The van der Waals surface area contributed by atoms with Crippen LogP contribution in [-0.4, -0.2) is 33.4 Å². The first-order valence-corrected chi connectivity index (χ1v) is 13.5. The summed E-state index contributed by atoms with van der Waals surface area (Å²) in [6.45, 7) is 1.20. The number of nitrogens with zero attached hydrogens (tertiary/aromatic N) is 2. The molecule has 1 aromatic heterocycles. The lowest BCUT2D eigenvalue weighted by Crippen LogP contribution is -2.27. The van der Waals surface area contributed by atoms with Gasteiger partial charge in [0.1, 0.15) is 16.7 Å². The quantitative estimate of drug-likeness (QED) is 0.161. The van der Waals surface area contributed by atoms with Crippen LogP contribution in [-0.2, 0) is 17.9 Å². The van der Waals surface area contributed by atoms with Crippen LogP contribution in [0.4, 0.5) is 4.39 Å². The van der Waals surface area contributed by atoms with Crippen molar-refractivity contribution in [3.63, 3.8) is 0 Å². The van der Waals surface area contributed by atoms with Gasteiger partial charge in [0, 0.05) is 27.1 Å². The van der Waals surface area contributed by atoms with Crippen molar-refractivity contribution >= 4 is 67.1 Å². The van der Waals surface area contributed by atoms with Gasteiger partial charge in [-0.05, 0) is 54.1 Å². The highest BCUT2D eigenvalue weighted by Crippen LogP contribution is 2.36. The van der Waals surface area contributed by atoms with E-state index in [4.69, 9.17) is 21.7 Å². The Kier molecular flexibility index (Phi) is 7.64. The average molecular weight is 598 g/mol. The van der Waals surface area contributed by atoms with Crippen LogP contribution in [0.3, 0.4) is 0 Å². The highest BCUT2D eigenvalue weighted by atomic mass is 79.9. The number of fused-ring (bicyclic) bond motifs is 1. The lowest BCUT2D eigenvalue weighted by atomic mass is 10.1. The molecule has 1 aliphatic heterocycles. The van der Waals surface area contributed by atoms with Gasteiger partial charge in [0.05, 0.1) is 25.1 Å². The third kappa shape index (κ3) is 5.58. The summed E-state index contributed by atoms with van der Waals surface area (Å²) in [6, 6.07) is 19.9. The van der Waals surface area contributed by atoms with E-state index in [1.54, 1.807) is 30.2 Å². The van der Waals surface area contributed by atoms with Crippen molar-refractivity contribution in [2.45, 2.75) is 13.1 Å². The molecule has 1 aliphatic rings. The summed E-state index contributed by atoms with van der Waals surface area (Å²) in [4.78, 5) is 15.5. The minimum Gasteiger partial charge on any atom is -0.497 e. The maximum atomic E-state index is 13.9. The standard InChI is InChI=1S/C28H22BrFN2O3S2/c1-34-21-9-6-18(7-10-21)16-32-27(33)26(37-28(32)36)14-19-17-31(24-11-8-20(29)15-22(19)24)12-13-35-25-5-3-2-4-23(25)30/h2-11,14-15,17H,12-13,16H2,1H3/b26-14-. The molecular formula is C28H22BrFN2O3S2. The van der Waals surface area contributed by atoms with Crippen molar-refractivity contribution in [3.05, 3.63) is 99.2 Å². The number of benzene rings is 3. The second-order valence-electron chi connectivity index (χ2n) is 8.33. The van der Waals surface area contributed by atoms with E-state index in [0.717, 1.165) is 32.3 Å². The predicted octanol–water partition coefficient (Wildman–Crippen LogP) is 7.03. The minimum atomic E-state index is -0.388. The number of rotatable bonds is 8. The first kappa shape index (κ1) is 25.5. The first-order chi connectivity index (χ1) is 17.9. The van der Waals surface area contributed by atoms with Crippen LogP contribution in [0.1, 0.15) is 11.1 Å². The molecule has 0 spiro atoms. The second kappa shape index (κ2) is 11.1. The van der Waals surface area contributed by atoms with Crippen molar-refractivity contribution in [2.24, 2.45) is 0 Å². The molecule has 0 saturated carbocycles. The molecular weight excluding hydrogens is 575 g/mol. The first-order valence-electron chi connectivity index (χ1n) is 11.5. The van der Waals surface area contributed by atoms with Crippen molar-refractivity contribution in [3.8, 4) is 11.5 Å². The Morgan fingerprint density at radius 3 is 2.65 bits per heavy atom. The number of aromatic nitrogens is 1. The molecule has 1 amide bonds. The lowest BCUT2D eigenvalue weighted by Gasteiger charge is -2.14. The van der Waals surface area contributed by atoms with Crippen LogP contribution in [0.5, 0.6) is 11.5 Å². The lowest BCUT2D eigenvalue weighted by molar-refractivity contribution is -0.122. The Labute approximate surface area is 232 Å². The van der Waals surface area contributed by atoms with E-state index < -0.39 is 0 Å². The molecule has 1 saturated heterocycles. The number of halogens is 2. The molecule has 0 bridgehead atoms. The molecule has 188 valence electrons. The molecule has 0 atom stereocenters. The molecule has 37 heavy (non-hydrogen) atoms. The fourth-order valence-electron chi connectivity index (χ4n) is 4.10. The number of para-hydroxylation sites is 1. The van der Waals surface area contributed by atoms with E-state index in [9.17, 15) is 9.18 Å². The summed E-state index contributed by atoms with van der Waals surface area (Å²) in [5, 5.41) is 0.987. The number of carbonyl (C=O) groups excluding carboxylic acids is 1. The zero-order valence-electron chi connectivity index (χ0n) is 19.8. The Bertz CT molecular complexity index is 1520. The fraction of sp³-hybridized carbons (Fsp3) is 0.143. The molecule has 4 aromatic rings. The smallest absolute Gasteiger partial charge is 0.266 e. The molecule has 5 rings (SSSR count). The molecule has 3 aromatic carbocycles. The van der Waals surface area contributed by atoms with Gasteiger partial charge in [0.2, 0.25) is 0 Å². The number of ether oxygens (including phenoxy) is 2. The normalized spacial score (nSPS) is 14.7. The zero-order chi connectivity index (χ0) is 25.9. The Morgan fingerprint density at radius 2 is 1.89 bits per heavy atom. The van der Waals surface area contributed by atoms with Gasteiger partial charge in [0.15, 0.2) is 11.6 Å². The number of thioether (sulfide) groups is 1. The predicted molar refractivity (Wildman–Crippen MR) is 153 cm³/mol. The van der Waals surface area contributed by atoms with Crippen LogP contribution in [0.2, 0.25) is 0 Å². The number of hydrogen-bond acceptors (Lipinski definition) is 5. The number of methoxy groups -OCH3 is 1. The van der Waals surface area contributed by atoms with Crippen LogP contribution in [0, 0.1) is 5.82 Å². The maximum absolute atomic E-state index is 13.9. The molecule has 0 aliphatic carbocycles. The van der Waals surface area contributed by atoms with E-state index in [1.807, 2.05) is 59.3 Å². The molecule has 0 N–H and O–H groups in total. The van der Waals surface area contributed by atoms with Crippen molar-refractivity contribution < 1.29 is 18.7 Å². The number of carbonyl (C=O) groups is 1.